The Kier molecular flexibility index (Phi) is 5.83. The van der Waals surface area contributed by atoms with Crippen molar-refractivity contribution in [3.8, 4) is 0 Å². The lowest BCUT2D eigenvalue weighted by Crippen LogP contribution is -2.36. The fraction of sp³-hybridized carbons (Fsp3) is 0.235. The van der Waals surface area contributed by atoms with Gasteiger partial charge in [0.1, 0.15) is 10.8 Å². The fourth-order valence-corrected chi connectivity index (χ4v) is 4.58. The molecular formula is C17H12Cl4N4O2S. The van der Waals surface area contributed by atoms with Crippen LogP contribution in [0.15, 0.2) is 18.2 Å². The number of fused-ring (bicyclic) bond motifs is 1. The van der Waals surface area contributed by atoms with E-state index in [0.717, 1.165) is 28.4 Å². The molecule has 2 aromatic heterocycles. The number of pyridine rings is 1. The molecule has 6 nitrogen and oxygen atoms in total. The Morgan fingerprint density at radius 1 is 1.07 bits per heavy atom. The number of carbonyl (C=O) groups is 1. The zero-order chi connectivity index (χ0) is 19.8. The molecule has 0 atom stereocenters. The molecular weight excluding hydrogens is 466 g/mol. The summed E-state index contributed by atoms with van der Waals surface area (Å²) in [5, 5.41) is 3.54. The smallest absolute Gasteiger partial charge is 0.275 e. The number of halogens is 4. The number of carbonyl (C=O) groups excluding carboxylic acids is 1. The molecule has 11 heteroatoms. The van der Waals surface area contributed by atoms with Gasteiger partial charge < -0.3 is 15.0 Å². The van der Waals surface area contributed by atoms with Crippen LogP contribution in [0.3, 0.4) is 0 Å². The molecule has 0 radical (unpaired) electrons. The lowest BCUT2D eigenvalue weighted by atomic mass is 10.2. The van der Waals surface area contributed by atoms with Gasteiger partial charge in [-0.2, -0.15) is 0 Å². The van der Waals surface area contributed by atoms with Gasteiger partial charge in [0.15, 0.2) is 5.13 Å². The average Bonchev–Trinajstić information content (AvgIpc) is 3.13. The predicted octanol–water partition coefficient (Wildman–Crippen LogP) is 5.39. The highest BCUT2D eigenvalue weighted by Gasteiger charge is 2.21. The maximum absolute atomic E-state index is 12.6. The minimum atomic E-state index is -0.539. The highest BCUT2D eigenvalue weighted by Crippen LogP contribution is 2.36. The largest absolute Gasteiger partial charge is 0.378 e. The summed E-state index contributed by atoms with van der Waals surface area (Å²) in [6, 6.07) is 5.46. The first-order valence-electron chi connectivity index (χ1n) is 8.18. The second-order valence-electron chi connectivity index (χ2n) is 5.93. The number of nitrogens with one attached hydrogen (secondary N) is 1. The number of anilines is 2. The summed E-state index contributed by atoms with van der Waals surface area (Å²) in [5.74, 6) is -0.539. The van der Waals surface area contributed by atoms with Crippen LogP contribution in [0, 0.1) is 0 Å². The fourth-order valence-electron chi connectivity index (χ4n) is 2.71. The Hall–Kier alpha value is -1.35. The highest BCUT2D eigenvalue weighted by molar-refractivity contribution is 7.22. The first-order chi connectivity index (χ1) is 13.4. The predicted molar refractivity (Wildman–Crippen MR) is 115 cm³/mol. The molecule has 1 aliphatic heterocycles. The summed E-state index contributed by atoms with van der Waals surface area (Å²) >= 11 is 25.5. The van der Waals surface area contributed by atoms with Gasteiger partial charge in [-0.15, -0.1) is 0 Å². The molecule has 1 N–H and O–H groups in total. The molecule has 0 unspecified atom stereocenters. The molecule has 1 amide bonds. The van der Waals surface area contributed by atoms with Gasteiger partial charge in [-0.05, 0) is 18.2 Å². The maximum Gasteiger partial charge on any atom is 0.275 e. The zero-order valence-electron chi connectivity index (χ0n) is 14.1. The van der Waals surface area contributed by atoms with Crippen molar-refractivity contribution in [2.45, 2.75) is 0 Å². The van der Waals surface area contributed by atoms with E-state index in [1.165, 1.54) is 0 Å². The molecule has 0 aliphatic carbocycles. The Morgan fingerprint density at radius 2 is 1.82 bits per heavy atom. The number of ether oxygens (including phenoxy) is 1. The van der Waals surface area contributed by atoms with Crippen molar-refractivity contribution < 1.29 is 9.53 Å². The van der Waals surface area contributed by atoms with Crippen LogP contribution in [0.1, 0.15) is 10.5 Å². The summed E-state index contributed by atoms with van der Waals surface area (Å²) in [4.78, 5) is 23.4. The van der Waals surface area contributed by atoms with Crippen molar-refractivity contribution in [2.75, 3.05) is 36.5 Å². The van der Waals surface area contributed by atoms with E-state index in [0.29, 0.717) is 18.9 Å². The van der Waals surface area contributed by atoms with Crippen LogP contribution in [-0.2, 0) is 4.74 Å². The normalized spacial score (nSPS) is 14.5. The zero-order valence-corrected chi connectivity index (χ0v) is 18.0. The molecule has 0 spiro atoms. The summed E-state index contributed by atoms with van der Waals surface area (Å²) in [7, 11) is 0. The number of benzene rings is 1. The lowest BCUT2D eigenvalue weighted by Gasteiger charge is -2.25. The Labute approximate surface area is 184 Å². The molecule has 3 aromatic rings. The van der Waals surface area contributed by atoms with E-state index in [4.69, 9.17) is 51.1 Å². The quantitative estimate of drug-likeness (QED) is 0.512. The van der Waals surface area contributed by atoms with E-state index >= 15 is 0 Å². The van der Waals surface area contributed by atoms with E-state index in [1.807, 2.05) is 12.1 Å². The van der Waals surface area contributed by atoms with Crippen LogP contribution in [-0.4, -0.2) is 42.2 Å². The first kappa shape index (κ1) is 19.9. The molecule has 146 valence electrons. The molecule has 4 rings (SSSR count). The Morgan fingerprint density at radius 3 is 2.57 bits per heavy atom. The number of thiazole rings is 1. The van der Waals surface area contributed by atoms with E-state index in [2.05, 4.69) is 20.2 Å². The topological polar surface area (TPSA) is 67.4 Å². The van der Waals surface area contributed by atoms with Crippen molar-refractivity contribution in [1.29, 1.82) is 0 Å². The van der Waals surface area contributed by atoms with Gasteiger partial charge in [0.25, 0.3) is 5.91 Å². The van der Waals surface area contributed by atoms with Crippen molar-refractivity contribution in [1.82, 2.24) is 9.97 Å². The number of rotatable bonds is 3. The van der Waals surface area contributed by atoms with Crippen molar-refractivity contribution >= 4 is 84.7 Å². The van der Waals surface area contributed by atoms with Crippen molar-refractivity contribution in [3.63, 3.8) is 0 Å². The standard InChI is InChI=1S/C17H12Cl4N4O2S/c18-11-12(19)14(24-15(21)13(11)20)16(26)22-8-1-2-9-10(7-8)28-17(23-9)25-3-5-27-6-4-25/h1-2,7H,3-6H2,(H,22,26). The number of aromatic nitrogens is 2. The number of hydrogen-bond acceptors (Lipinski definition) is 6. The van der Waals surface area contributed by atoms with Gasteiger partial charge in [0, 0.05) is 18.8 Å². The van der Waals surface area contributed by atoms with Gasteiger partial charge in [0.2, 0.25) is 0 Å². The van der Waals surface area contributed by atoms with Crippen molar-refractivity contribution in [3.05, 3.63) is 44.1 Å². The summed E-state index contributed by atoms with van der Waals surface area (Å²) in [5.41, 5.74) is 1.34. The monoisotopic (exact) mass is 476 g/mol. The third-order valence-electron chi connectivity index (χ3n) is 4.12. The van der Waals surface area contributed by atoms with Gasteiger partial charge in [-0.25, -0.2) is 9.97 Å². The minimum absolute atomic E-state index is 0.00612. The molecule has 1 saturated heterocycles. The Balaban J connectivity index is 1.59. The molecule has 1 aromatic carbocycles. The van der Waals surface area contributed by atoms with Gasteiger partial charge in [-0.3, -0.25) is 4.79 Å². The van der Waals surface area contributed by atoms with Crippen LogP contribution in [0.2, 0.25) is 20.2 Å². The molecule has 28 heavy (non-hydrogen) atoms. The summed E-state index contributed by atoms with van der Waals surface area (Å²) in [6.07, 6.45) is 0. The number of amides is 1. The lowest BCUT2D eigenvalue weighted by molar-refractivity contribution is 0.102. The average molecular weight is 478 g/mol. The highest BCUT2D eigenvalue weighted by atomic mass is 35.5. The van der Waals surface area contributed by atoms with Crippen LogP contribution < -0.4 is 10.2 Å². The molecule has 0 bridgehead atoms. The van der Waals surface area contributed by atoms with E-state index in [9.17, 15) is 4.79 Å². The van der Waals surface area contributed by atoms with Gasteiger partial charge >= 0.3 is 0 Å². The second kappa shape index (κ2) is 8.18. The van der Waals surface area contributed by atoms with Crippen LogP contribution in [0.4, 0.5) is 10.8 Å². The van der Waals surface area contributed by atoms with E-state index < -0.39 is 5.91 Å². The molecule has 1 fully saturated rings. The maximum atomic E-state index is 12.6. The van der Waals surface area contributed by atoms with E-state index in [1.54, 1.807) is 17.4 Å². The Bertz CT molecular complexity index is 1070. The summed E-state index contributed by atoms with van der Waals surface area (Å²) < 4.78 is 6.33. The number of hydrogen-bond donors (Lipinski definition) is 1. The van der Waals surface area contributed by atoms with Crippen molar-refractivity contribution in [2.24, 2.45) is 0 Å². The number of nitrogens with zero attached hydrogens (tertiary/aromatic N) is 3. The third-order valence-corrected chi connectivity index (χ3v) is 6.87. The number of morpholine rings is 1. The van der Waals surface area contributed by atoms with Gasteiger partial charge in [0.05, 0.1) is 38.5 Å². The summed E-state index contributed by atoms with van der Waals surface area (Å²) in [6.45, 7) is 3.01. The van der Waals surface area contributed by atoms with Crippen LogP contribution in [0.25, 0.3) is 10.2 Å². The second-order valence-corrected chi connectivity index (χ2v) is 8.43. The molecule has 0 saturated carbocycles. The van der Waals surface area contributed by atoms with E-state index in [-0.39, 0.29) is 25.9 Å². The van der Waals surface area contributed by atoms with Gasteiger partial charge in [-0.1, -0.05) is 57.7 Å². The molecule has 1 aliphatic rings. The first-order valence-corrected chi connectivity index (χ1v) is 10.5. The van der Waals surface area contributed by atoms with Crippen LogP contribution >= 0.6 is 57.7 Å². The third kappa shape index (κ3) is 3.87. The molecule has 3 heterocycles. The minimum Gasteiger partial charge on any atom is -0.378 e. The SMILES string of the molecule is O=C(Nc1ccc2nc(N3CCOCC3)sc2c1)c1nc(Cl)c(Cl)c(Cl)c1Cl. The van der Waals surface area contributed by atoms with Crippen LogP contribution in [0.5, 0.6) is 0 Å².